The number of amides is 1. The molecule has 0 saturated carbocycles. The summed E-state index contributed by atoms with van der Waals surface area (Å²) in [6.45, 7) is 2.99. The van der Waals surface area contributed by atoms with E-state index in [1.807, 2.05) is 11.9 Å². The minimum Gasteiger partial charge on any atom is -0.352 e. The van der Waals surface area contributed by atoms with Gasteiger partial charge in [-0.2, -0.15) is 5.10 Å². The molecule has 1 aromatic heterocycles. The van der Waals surface area contributed by atoms with Crippen LogP contribution < -0.4 is 4.90 Å². The van der Waals surface area contributed by atoms with E-state index >= 15 is 0 Å². The number of hydrogen-bond acceptors (Lipinski definition) is 5. The molecule has 124 valence electrons. The summed E-state index contributed by atoms with van der Waals surface area (Å²) in [7, 11) is 4.11. The molecular formula is C17H25N5O. The molecule has 0 spiro atoms. The summed E-state index contributed by atoms with van der Waals surface area (Å²) in [5.41, 5.74) is 2.58. The van der Waals surface area contributed by atoms with Crippen LogP contribution in [0, 0.1) is 0 Å². The van der Waals surface area contributed by atoms with E-state index in [9.17, 15) is 4.79 Å². The largest absolute Gasteiger partial charge is 0.352 e. The van der Waals surface area contributed by atoms with Crippen LogP contribution in [0.25, 0.3) is 0 Å². The van der Waals surface area contributed by atoms with Crippen molar-refractivity contribution in [3.8, 4) is 0 Å². The Morgan fingerprint density at radius 2 is 2.09 bits per heavy atom. The number of carbonyl (C=O) groups is 1. The fourth-order valence-electron chi connectivity index (χ4n) is 3.95. The maximum absolute atomic E-state index is 11.6. The molecule has 3 heterocycles. The average molecular weight is 315 g/mol. The first-order valence-electron chi connectivity index (χ1n) is 8.68. The van der Waals surface area contributed by atoms with Crippen LogP contribution in [-0.2, 0) is 17.6 Å². The number of fused-ring (bicyclic) bond motifs is 1. The molecule has 1 aliphatic carbocycles. The highest BCUT2D eigenvalue weighted by Crippen LogP contribution is 2.27. The van der Waals surface area contributed by atoms with Crippen molar-refractivity contribution in [2.24, 2.45) is 0 Å². The molecule has 1 aromatic rings. The predicted octanol–water partition coefficient (Wildman–Crippen LogP) is 0.706. The summed E-state index contributed by atoms with van der Waals surface area (Å²) in [6.07, 6.45) is 5.15. The van der Waals surface area contributed by atoms with Crippen molar-refractivity contribution >= 4 is 11.7 Å². The van der Waals surface area contributed by atoms with E-state index in [4.69, 9.17) is 0 Å². The molecule has 2 fully saturated rings. The number of likely N-dealkylation sites (N-methyl/N-ethyl adjacent to an activating group) is 2. The number of anilines is 1. The standard InChI is InChI=1S/C17H25N5O/c1-20(9-13-6-7-17(23)21(13)2)14-10-22(11-14)16-8-12-4-3-5-15(12)18-19-16/h8,13-14H,3-7,9-11H2,1-2H3. The van der Waals surface area contributed by atoms with Crippen molar-refractivity contribution in [2.75, 3.05) is 38.6 Å². The number of carbonyl (C=O) groups excluding carboxylic acids is 1. The lowest BCUT2D eigenvalue weighted by molar-refractivity contribution is -0.127. The van der Waals surface area contributed by atoms with E-state index in [0.717, 1.165) is 44.7 Å². The van der Waals surface area contributed by atoms with Crippen LogP contribution >= 0.6 is 0 Å². The highest BCUT2D eigenvalue weighted by atomic mass is 16.2. The molecule has 6 nitrogen and oxygen atoms in total. The lowest BCUT2D eigenvalue weighted by Crippen LogP contribution is -2.60. The average Bonchev–Trinajstić information content (AvgIpc) is 3.07. The molecule has 1 unspecified atom stereocenters. The fourth-order valence-corrected chi connectivity index (χ4v) is 3.95. The summed E-state index contributed by atoms with van der Waals surface area (Å²) in [4.78, 5) is 18.3. The Morgan fingerprint density at radius 1 is 1.26 bits per heavy atom. The lowest BCUT2D eigenvalue weighted by Gasteiger charge is -2.45. The van der Waals surface area contributed by atoms with Crippen molar-refractivity contribution in [1.29, 1.82) is 0 Å². The molecule has 23 heavy (non-hydrogen) atoms. The van der Waals surface area contributed by atoms with Gasteiger partial charge in [0.2, 0.25) is 5.91 Å². The van der Waals surface area contributed by atoms with Gasteiger partial charge < -0.3 is 9.80 Å². The quantitative estimate of drug-likeness (QED) is 0.819. The van der Waals surface area contributed by atoms with Gasteiger partial charge in [-0.3, -0.25) is 9.69 Å². The summed E-state index contributed by atoms with van der Waals surface area (Å²) in [5, 5.41) is 8.78. The number of likely N-dealkylation sites (tertiary alicyclic amines) is 1. The Labute approximate surface area is 137 Å². The maximum Gasteiger partial charge on any atom is 0.222 e. The van der Waals surface area contributed by atoms with Crippen LogP contribution in [0.1, 0.15) is 30.5 Å². The zero-order valence-corrected chi connectivity index (χ0v) is 14.0. The molecular weight excluding hydrogens is 290 g/mol. The zero-order valence-electron chi connectivity index (χ0n) is 14.0. The third-order valence-electron chi connectivity index (χ3n) is 5.75. The fraction of sp³-hybridized carbons (Fsp3) is 0.706. The first kappa shape index (κ1) is 14.9. The van der Waals surface area contributed by atoms with Crippen molar-refractivity contribution in [2.45, 2.75) is 44.2 Å². The molecule has 2 saturated heterocycles. The van der Waals surface area contributed by atoms with Crippen LogP contribution in [0.15, 0.2) is 6.07 Å². The number of aryl methyl sites for hydroxylation is 2. The Morgan fingerprint density at radius 3 is 2.83 bits per heavy atom. The third kappa shape index (κ3) is 2.69. The summed E-state index contributed by atoms with van der Waals surface area (Å²) < 4.78 is 0. The van der Waals surface area contributed by atoms with Crippen LogP contribution in [0.2, 0.25) is 0 Å². The monoisotopic (exact) mass is 315 g/mol. The number of rotatable bonds is 4. The third-order valence-corrected chi connectivity index (χ3v) is 5.75. The second kappa shape index (κ2) is 5.74. The normalized spacial score (nSPS) is 24.5. The maximum atomic E-state index is 11.6. The van der Waals surface area contributed by atoms with Gasteiger partial charge >= 0.3 is 0 Å². The molecule has 0 radical (unpaired) electrons. The molecule has 0 bridgehead atoms. The van der Waals surface area contributed by atoms with E-state index in [-0.39, 0.29) is 5.91 Å². The van der Waals surface area contributed by atoms with Crippen molar-refractivity contribution in [3.63, 3.8) is 0 Å². The first-order valence-corrected chi connectivity index (χ1v) is 8.68. The van der Waals surface area contributed by atoms with Crippen LogP contribution in [-0.4, -0.2) is 71.7 Å². The number of aromatic nitrogens is 2. The van der Waals surface area contributed by atoms with E-state index in [1.165, 1.54) is 17.7 Å². The summed E-state index contributed by atoms with van der Waals surface area (Å²) in [5.74, 6) is 1.32. The minimum absolute atomic E-state index is 0.284. The second-order valence-corrected chi connectivity index (χ2v) is 7.22. The van der Waals surface area contributed by atoms with Gasteiger partial charge in [0.15, 0.2) is 5.82 Å². The van der Waals surface area contributed by atoms with Crippen LogP contribution in [0.4, 0.5) is 5.82 Å². The van der Waals surface area contributed by atoms with Crippen molar-refractivity contribution in [1.82, 2.24) is 20.0 Å². The Kier molecular flexibility index (Phi) is 3.71. The highest BCUT2D eigenvalue weighted by molar-refractivity contribution is 5.78. The second-order valence-electron chi connectivity index (χ2n) is 7.22. The van der Waals surface area contributed by atoms with Crippen LogP contribution in [0.5, 0.6) is 0 Å². The lowest BCUT2D eigenvalue weighted by atomic mass is 10.1. The Bertz CT molecular complexity index is 613. The van der Waals surface area contributed by atoms with E-state index < -0.39 is 0 Å². The minimum atomic E-state index is 0.284. The van der Waals surface area contributed by atoms with Gasteiger partial charge in [-0.05, 0) is 44.4 Å². The smallest absolute Gasteiger partial charge is 0.222 e. The Hall–Kier alpha value is -1.69. The van der Waals surface area contributed by atoms with Gasteiger partial charge in [-0.15, -0.1) is 5.10 Å². The molecule has 4 rings (SSSR count). The van der Waals surface area contributed by atoms with Gasteiger partial charge in [0.25, 0.3) is 0 Å². The van der Waals surface area contributed by atoms with Crippen molar-refractivity contribution in [3.05, 3.63) is 17.3 Å². The van der Waals surface area contributed by atoms with Gasteiger partial charge in [-0.25, -0.2) is 0 Å². The molecule has 1 atom stereocenters. The van der Waals surface area contributed by atoms with E-state index in [1.54, 1.807) is 0 Å². The summed E-state index contributed by atoms with van der Waals surface area (Å²) in [6, 6.07) is 3.16. The zero-order chi connectivity index (χ0) is 16.0. The van der Waals surface area contributed by atoms with Crippen molar-refractivity contribution < 1.29 is 4.79 Å². The number of nitrogens with zero attached hydrogens (tertiary/aromatic N) is 5. The first-order chi connectivity index (χ1) is 11.1. The highest BCUT2D eigenvalue weighted by Gasteiger charge is 2.35. The van der Waals surface area contributed by atoms with Gasteiger partial charge in [0.1, 0.15) is 0 Å². The molecule has 1 amide bonds. The van der Waals surface area contributed by atoms with Crippen LogP contribution in [0.3, 0.4) is 0 Å². The van der Waals surface area contributed by atoms with E-state index in [0.29, 0.717) is 18.5 Å². The molecule has 2 aliphatic heterocycles. The predicted molar refractivity (Wildman–Crippen MR) is 88.5 cm³/mol. The SMILES string of the molecule is CN(CC1CCC(=O)N1C)C1CN(c2cc3c(nn2)CCC3)C1. The Balaban J connectivity index is 1.32. The van der Waals surface area contributed by atoms with E-state index in [2.05, 4.69) is 33.1 Å². The van der Waals surface area contributed by atoms with Gasteiger partial charge in [0.05, 0.1) is 5.69 Å². The molecule has 0 aromatic carbocycles. The number of hydrogen-bond donors (Lipinski definition) is 0. The van der Waals surface area contributed by atoms with Gasteiger partial charge in [-0.1, -0.05) is 0 Å². The molecule has 6 heteroatoms. The molecule has 3 aliphatic rings. The summed E-state index contributed by atoms with van der Waals surface area (Å²) >= 11 is 0. The topological polar surface area (TPSA) is 52.6 Å². The van der Waals surface area contributed by atoms with Gasteiger partial charge in [0, 0.05) is 45.2 Å². The molecule has 0 N–H and O–H groups in total.